The fourth-order valence-corrected chi connectivity index (χ4v) is 1.88. The smallest absolute Gasteiger partial charge is 0.362 e. The Morgan fingerprint density at radius 2 is 2.33 bits per heavy atom. The van der Waals surface area contributed by atoms with Gasteiger partial charge in [-0.25, -0.2) is 0 Å². The van der Waals surface area contributed by atoms with Crippen molar-refractivity contribution in [3.8, 4) is 5.88 Å². The molecule has 21 heavy (non-hydrogen) atoms. The quantitative estimate of drug-likeness (QED) is 0.603. The number of amides is 1. The molecule has 2 heterocycles. The molecular formula is C11H14N6O4. The molecule has 0 unspecified atom stereocenters. The van der Waals surface area contributed by atoms with E-state index in [4.69, 9.17) is 4.74 Å². The van der Waals surface area contributed by atoms with Crippen LogP contribution in [0.5, 0.6) is 5.88 Å². The van der Waals surface area contributed by atoms with Gasteiger partial charge in [0.1, 0.15) is 0 Å². The summed E-state index contributed by atoms with van der Waals surface area (Å²) in [6, 6.07) is 0. The molecule has 2 N–H and O–H groups in total. The first kappa shape index (κ1) is 14.5. The van der Waals surface area contributed by atoms with Crippen LogP contribution in [0.25, 0.3) is 0 Å². The predicted octanol–water partition coefficient (Wildman–Crippen LogP) is 0.298. The maximum Gasteiger partial charge on any atom is 0.362 e. The maximum atomic E-state index is 12.0. The highest BCUT2D eigenvalue weighted by Gasteiger charge is 2.29. The summed E-state index contributed by atoms with van der Waals surface area (Å²) in [5.74, 6) is -0.872. The number of carbonyl (C=O) groups excluding carboxylic acids is 1. The van der Waals surface area contributed by atoms with Gasteiger partial charge in [0.25, 0.3) is 5.91 Å². The molecule has 0 saturated carbocycles. The van der Waals surface area contributed by atoms with Gasteiger partial charge in [-0.1, -0.05) is 0 Å². The molecule has 0 saturated heterocycles. The number of ether oxygens (including phenoxy) is 1. The average Bonchev–Trinajstić information content (AvgIpc) is 2.99. The molecule has 0 spiro atoms. The summed E-state index contributed by atoms with van der Waals surface area (Å²) in [5.41, 5.74) is 0.853. The lowest BCUT2D eigenvalue weighted by atomic mass is 10.2. The van der Waals surface area contributed by atoms with E-state index in [1.165, 1.54) is 7.11 Å². The molecule has 0 radical (unpaired) electrons. The number of hydrogen-bond donors (Lipinski definition) is 2. The van der Waals surface area contributed by atoms with Crippen LogP contribution in [0.4, 0.5) is 5.69 Å². The van der Waals surface area contributed by atoms with Gasteiger partial charge in [0.2, 0.25) is 5.69 Å². The van der Waals surface area contributed by atoms with Crippen molar-refractivity contribution in [1.29, 1.82) is 0 Å². The second-order valence-corrected chi connectivity index (χ2v) is 4.31. The summed E-state index contributed by atoms with van der Waals surface area (Å²) < 4.78 is 6.37. The van der Waals surface area contributed by atoms with Gasteiger partial charge in [-0.3, -0.25) is 24.7 Å². The van der Waals surface area contributed by atoms with Crippen LogP contribution in [0.1, 0.15) is 21.7 Å². The second kappa shape index (κ2) is 5.61. The Morgan fingerprint density at radius 1 is 1.62 bits per heavy atom. The molecule has 0 bridgehead atoms. The first-order chi connectivity index (χ1) is 9.93. The Hall–Kier alpha value is -2.91. The first-order valence-corrected chi connectivity index (χ1v) is 5.98. The van der Waals surface area contributed by atoms with Gasteiger partial charge >= 0.3 is 11.6 Å². The maximum absolute atomic E-state index is 12.0. The predicted molar refractivity (Wildman–Crippen MR) is 70.9 cm³/mol. The summed E-state index contributed by atoms with van der Waals surface area (Å²) in [5, 5.41) is 23.6. The van der Waals surface area contributed by atoms with E-state index < -0.39 is 16.5 Å². The number of aromatic amines is 1. The van der Waals surface area contributed by atoms with Gasteiger partial charge in [0.15, 0.2) is 0 Å². The molecule has 2 aromatic rings. The summed E-state index contributed by atoms with van der Waals surface area (Å²) in [6.45, 7) is 2.01. The van der Waals surface area contributed by atoms with Gasteiger partial charge in [0, 0.05) is 25.4 Å². The number of aromatic nitrogens is 4. The minimum absolute atomic E-state index is 0.205. The second-order valence-electron chi connectivity index (χ2n) is 4.31. The van der Waals surface area contributed by atoms with Crippen molar-refractivity contribution >= 4 is 11.6 Å². The first-order valence-electron chi connectivity index (χ1n) is 5.98. The molecule has 1 amide bonds. The number of nitrogens with zero attached hydrogens (tertiary/aromatic N) is 4. The highest BCUT2D eigenvalue weighted by Crippen LogP contribution is 2.27. The summed E-state index contributed by atoms with van der Waals surface area (Å²) >= 11 is 0. The lowest BCUT2D eigenvalue weighted by Crippen LogP contribution is -2.24. The molecule has 10 nitrogen and oxygen atoms in total. The highest BCUT2D eigenvalue weighted by atomic mass is 16.6. The van der Waals surface area contributed by atoms with Crippen molar-refractivity contribution in [1.82, 2.24) is 25.3 Å². The lowest BCUT2D eigenvalue weighted by Gasteiger charge is -2.02. The minimum Gasteiger partial charge on any atom is -0.475 e. The van der Waals surface area contributed by atoms with Crippen LogP contribution in [0.2, 0.25) is 0 Å². The van der Waals surface area contributed by atoms with E-state index in [1.807, 2.05) is 6.92 Å². The van der Waals surface area contributed by atoms with Crippen molar-refractivity contribution < 1.29 is 14.5 Å². The van der Waals surface area contributed by atoms with Gasteiger partial charge in [-0.05, 0) is 6.92 Å². The molecular weight excluding hydrogens is 280 g/mol. The van der Waals surface area contributed by atoms with Crippen molar-refractivity contribution in [3.63, 3.8) is 0 Å². The minimum atomic E-state index is -0.716. The van der Waals surface area contributed by atoms with Crippen molar-refractivity contribution in [2.45, 2.75) is 13.5 Å². The van der Waals surface area contributed by atoms with Crippen LogP contribution in [-0.2, 0) is 13.6 Å². The van der Waals surface area contributed by atoms with E-state index in [1.54, 1.807) is 17.9 Å². The fourth-order valence-electron chi connectivity index (χ4n) is 1.88. The molecule has 0 aliphatic heterocycles. The highest BCUT2D eigenvalue weighted by molar-refractivity contribution is 5.97. The van der Waals surface area contributed by atoms with Crippen LogP contribution >= 0.6 is 0 Å². The Bertz CT molecular complexity index is 689. The van der Waals surface area contributed by atoms with Crippen molar-refractivity contribution in [3.05, 3.63) is 33.3 Å². The molecule has 0 atom stereocenters. The van der Waals surface area contributed by atoms with E-state index >= 15 is 0 Å². The fraction of sp³-hybridized carbons (Fsp3) is 0.364. The molecule has 2 rings (SSSR count). The SMILES string of the molecule is COc1n[nH]c(C(=O)NCc2cn(C)nc2C)c1[N+](=O)[O-]. The van der Waals surface area contributed by atoms with E-state index in [2.05, 4.69) is 20.6 Å². The van der Waals surface area contributed by atoms with Crippen LogP contribution in [-0.4, -0.2) is 37.9 Å². The lowest BCUT2D eigenvalue weighted by molar-refractivity contribution is -0.386. The topological polar surface area (TPSA) is 128 Å². The van der Waals surface area contributed by atoms with E-state index in [0.29, 0.717) is 0 Å². The van der Waals surface area contributed by atoms with E-state index in [-0.39, 0.29) is 18.1 Å². The Balaban J connectivity index is 2.16. The number of hydrogen-bond acceptors (Lipinski definition) is 6. The Morgan fingerprint density at radius 3 is 2.86 bits per heavy atom. The zero-order chi connectivity index (χ0) is 15.6. The zero-order valence-electron chi connectivity index (χ0n) is 11.7. The third-order valence-corrected chi connectivity index (χ3v) is 2.87. The third-order valence-electron chi connectivity index (χ3n) is 2.87. The number of rotatable bonds is 5. The van der Waals surface area contributed by atoms with Gasteiger partial charge < -0.3 is 10.1 Å². The Kier molecular flexibility index (Phi) is 3.87. The van der Waals surface area contributed by atoms with Crippen molar-refractivity contribution in [2.24, 2.45) is 7.05 Å². The molecule has 112 valence electrons. The summed E-state index contributed by atoms with van der Waals surface area (Å²) in [7, 11) is 3.01. The van der Waals surface area contributed by atoms with Crippen LogP contribution in [0.15, 0.2) is 6.20 Å². The third kappa shape index (κ3) is 2.83. The zero-order valence-corrected chi connectivity index (χ0v) is 11.7. The average molecular weight is 294 g/mol. The number of methoxy groups -OCH3 is 1. The molecule has 0 aliphatic rings. The number of H-pyrrole nitrogens is 1. The van der Waals surface area contributed by atoms with Crippen LogP contribution < -0.4 is 10.1 Å². The standard InChI is InChI=1S/C11H14N6O4/c1-6-7(5-16(2)15-6)4-12-10(18)8-9(17(19)20)11(21-3)14-13-8/h5H,4H2,1-3H3,(H,12,18)(H,13,14). The van der Waals surface area contributed by atoms with Gasteiger partial charge in [-0.2, -0.15) is 5.10 Å². The van der Waals surface area contributed by atoms with Gasteiger partial charge in [-0.15, -0.1) is 5.10 Å². The molecule has 0 aliphatic carbocycles. The van der Waals surface area contributed by atoms with E-state index in [9.17, 15) is 14.9 Å². The molecule has 0 aromatic carbocycles. The molecule has 2 aromatic heterocycles. The monoisotopic (exact) mass is 294 g/mol. The largest absolute Gasteiger partial charge is 0.475 e. The normalized spacial score (nSPS) is 10.4. The summed E-state index contributed by atoms with van der Waals surface area (Å²) in [6.07, 6.45) is 1.76. The number of nitro groups is 1. The number of carbonyl (C=O) groups is 1. The molecule has 10 heteroatoms. The molecule has 0 fully saturated rings. The number of nitrogens with one attached hydrogen (secondary N) is 2. The van der Waals surface area contributed by atoms with Gasteiger partial charge in [0.05, 0.1) is 17.7 Å². The van der Waals surface area contributed by atoms with Crippen LogP contribution in [0, 0.1) is 17.0 Å². The van der Waals surface area contributed by atoms with Crippen LogP contribution in [0.3, 0.4) is 0 Å². The Labute approximate surface area is 119 Å². The van der Waals surface area contributed by atoms with Crippen molar-refractivity contribution in [2.75, 3.05) is 7.11 Å². The van der Waals surface area contributed by atoms with E-state index in [0.717, 1.165) is 11.3 Å². The number of aryl methyl sites for hydroxylation is 2. The summed E-state index contributed by atoms with van der Waals surface area (Å²) in [4.78, 5) is 22.3.